The lowest BCUT2D eigenvalue weighted by molar-refractivity contribution is -0.143. The van der Waals surface area contributed by atoms with Crippen LogP contribution in [0.2, 0.25) is 0 Å². The zero-order valence-corrected chi connectivity index (χ0v) is 22.1. The van der Waals surface area contributed by atoms with Gasteiger partial charge in [-0.15, -0.1) is 0 Å². The average Bonchev–Trinajstić information content (AvgIpc) is 3.43. The lowest BCUT2D eigenvalue weighted by atomic mass is 10.1. The van der Waals surface area contributed by atoms with Gasteiger partial charge in [-0.25, -0.2) is 9.78 Å². The Hall–Kier alpha value is -2.91. The van der Waals surface area contributed by atoms with E-state index in [0.717, 1.165) is 24.2 Å². The van der Waals surface area contributed by atoms with Crippen LogP contribution in [0.25, 0.3) is 0 Å². The molecule has 0 bridgehead atoms. The largest absolute Gasteiger partial charge is 0.468 e. The Kier molecular flexibility index (Phi) is 9.89. The quantitative estimate of drug-likeness (QED) is 0.443. The van der Waals surface area contributed by atoms with Crippen molar-refractivity contribution in [1.29, 1.82) is 0 Å². The maximum Gasteiger partial charge on any atom is 0.412 e. The van der Waals surface area contributed by atoms with Crippen molar-refractivity contribution in [3.63, 3.8) is 0 Å². The summed E-state index contributed by atoms with van der Waals surface area (Å²) in [5, 5.41) is 3.29. The first-order valence-electron chi connectivity index (χ1n) is 12.7. The highest BCUT2D eigenvalue weighted by molar-refractivity contribution is 5.76. The Morgan fingerprint density at radius 1 is 1.25 bits per heavy atom. The Balaban J connectivity index is 1.55. The smallest absolute Gasteiger partial charge is 0.412 e. The molecular formula is C27H40N4O5. The second-order valence-electron chi connectivity index (χ2n) is 10.1. The first-order valence-corrected chi connectivity index (χ1v) is 12.7. The van der Waals surface area contributed by atoms with Crippen molar-refractivity contribution < 1.29 is 23.8 Å². The van der Waals surface area contributed by atoms with E-state index in [2.05, 4.69) is 28.7 Å². The van der Waals surface area contributed by atoms with Crippen molar-refractivity contribution in [3.8, 4) is 0 Å². The molecule has 0 aliphatic carbocycles. The van der Waals surface area contributed by atoms with E-state index in [1.54, 1.807) is 4.90 Å². The van der Waals surface area contributed by atoms with Gasteiger partial charge >= 0.3 is 12.1 Å². The highest BCUT2D eigenvalue weighted by Crippen LogP contribution is 2.29. The van der Waals surface area contributed by atoms with E-state index in [9.17, 15) is 9.59 Å². The molecule has 1 aromatic heterocycles. The Morgan fingerprint density at radius 2 is 2.00 bits per heavy atom. The molecule has 1 aliphatic rings. The van der Waals surface area contributed by atoms with Crippen LogP contribution in [0, 0.1) is 5.92 Å². The molecule has 2 heterocycles. The van der Waals surface area contributed by atoms with Gasteiger partial charge in [0.15, 0.2) is 0 Å². The first-order chi connectivity index (χ1) is 17.2. The highest BCUT2D eigenvalue weighted by Gasteiger charge is 2.44. The number of nitrogens with one attached hydrogen (secondary N) is 1. The number of hydrogen-bond acceptors (Lipinski definition) is 7. The summed E-state index contributed by atoms with van der Waals surface area (Å²) in [7, 11) is 1.38. The van der Waals surface area contributed by atoms with Crippen molar-refractivity contribution in [3.05, 3.63) is 54.1 Å². The molecule has 2 atom stereocenters. The van der Waals surface area contributed by atoms with Gasteiger partial charge < -0.3 is 24.1 Å². The number of rotatable bonds is 12. The summed E-state index contributed by atoms with van der Waals surface area (Å²) in [6.07, 6.45) is 5.47. The second-order valence-corrected chi connectivity index (χ2v) is 10.1. The molecular weight excluding hydrogens is 460 g/mol. The minimum absolute atomic E-state index is 0.177. The minimum atomic E-state index is -0.775. The second kappa shape index (κ2) is 12.9. The number of hydrogen-bond donors (Lipinski definition) is 1. The number of imidazole rings is 1. The average molecular weight is 501 g/mol. The molecule has 1 aliphatic heterocycles. The van der Waals surface area contributed by atoms with E-state index in [0.29, 0.717) is 31.9 Å². The topological polar surface area (TPSA) is 94.9 Å². The van der Waals surface area contributed by atoms with Crippen LogP contribution in [0.5, 0.6) is 0 Å². The number of carbonyl (C=O) groups is 2. The van der Waals surface area contributed by atoms with Gasteiger partial charge in [-0.1, -0.05) is 44.2 Å². The van der Waals surface area contributed by atoms with Crippen LogP contribution in [0.15, 0.2) is 42.9 Å². The molecule has 9 heteroatoms. The molecule has 0 saturated carbocycles. The Morgan fingerprint density at radius 3 is 2.69 bits per heavy atom. The van der Waals surface area contributed by atoms with Crippen molar-refractivity contribution in [1.82, 2.24) is 19.8 Å². The highest BCUT2D eigenvalue weighted by atomic mass is 16.6. The van der Waals surface area contributed by atoms with Gasteiger partial charge in [-0.3, -0.25) is 9.69 Å². The van der Waals surface area contributed by atoms with Crippen molar-refractivity contribution in [2.45, 2.75) is 77.9 Å². The molecule has 1 amide bonds. The number of aryl methyl sites for hydroxylation is 1. The summed E-state index contributed by atoms with van der Waals surface area (Å²) >= 11 is 0. The van der Waals surface area contributed by atoms with Crippen LogP contribution in [-0.2, 0) is 38.6 Å². The standard InChI is InChI=1S/C27H40N4O5/c1-20(2)12-14-30-16-22(29-19-30)15-24(25(32)34-5)28-13-11-23-18-36-27(3,4)31(23)26(33)35-17-21-9-7-6-8-10-21/h6-10,16,19-20,23-24,28H,11-15,17-18H2,1-5H3/t23-,24-/m0/s1. The van der Waals surface area contributed by atoms with Crippen LogP contribution in [0.1, 0.15) is 51.8 Å². The van der Waals surface area contributed by atoms with Gasteiger partial charge in [0.25, 0.3) is 0 Å². The van der Waals surface area contributed by atoms with E-state index in [4.69, 9.17) is 14.2 Å². The van der Waals surface area contributed by atoms with Crippen molar-refractivity contribution in [2.24, 2.45) is 5.92 Å². The molecule has 198 valence electrons. The van der Waals surface area contributed by atoms with E-state index in [1.807, 2.05) is 56.7 Å². The Bertz CT molecular complexity index is 976. The molecule has 1 aromatic carbocycles. The lowest BCUT2D eigenvalue weighted by Gasteiger charge is -2.33. The van der Waals surface area contributed by atoms with Crippen LogP contribution in [0.4, 0.5) is 4.79 Å². The van der Waals surface area contributed by atoms with Crippen molar-refractivity contribution in [2.75, 3.05) is 20.3 Å². The number of nitrogens with zero attached hydrogens (tertiary/aromatic N) is 3. The Labute approximate surface area is 214 Å². The fourth-order valence-corrected chi connectivity index (χ4v) is 4.31. The number of amides is 1. The molecule has 0 unspecified atom stereocenters. The number of esters is 1. The molecule has 36 heavy (non-hydrogen) atoms. The molecule has 1 fully saturated rings. The molecule has 0 spiro atoms. The molecule has 1 saturated heterocycles. The molecule has 3 rings (SSSR count). The number of ether oxygens (including phenoxy) is 3. The zero-order chi connectivity index (χ0) is 26.1. The number of carbonyl (C=O) groups excluding carboxylic acids is 2. The molecule has 0 radical (unpaired) electrons. The molecule has 9 nitrogen and oxygen atoms in total. The van der Waals surface area contributed by atoms with Gasteiger partial charge in [0.2, 0.25) is 0 Å². The number of benzene rings is 1. The van der Waals surface area contributed by atoms with Crippen LogP contribution in [-0.4, -0.2) is 64.6 Å². The summed E-state index contributed by atoms with van der Waals surface area (Å²) in [6.45, 7) is 10.1. The fourth-order valence-electron chi connectivity index (χ4n) is 4.31. The molecule has 2 aromatic rings. The van der Waals surface area contributed by atoms with Gasteiger partial charge in [-0.05, 0) is 44.7 Å². The first kappa shape index (κ1) is 27.7. The molecule has 1 N–H and O–H groups in total. The van der Waals surface area contributed by atoms with Gasteiger partial charge in [0.05, 0.1) is 31.8 Å². The third kappa shape index (κ3) is 7.80. The maximum atomic E-state index is 13.0. The summed E-state index contributed by atoms with van der Waals surface area (Å²) in [4.78, 5) is 31.5. The summed E-state index contributed by atoms with van der Waals surface area (Å²) < 4.78 is 18.5. The summed E-state index contributed by atoms with van der Waals surface area (Å²) in [6, 6.07) is 8.87. The number of methoxy groups -OCH3 is 1. The maximum absolute atomic E-state index is 13.0. The zero-order valence-electron chi connectivity index (χ0n) is 22.1. The predicted octanol–water partition coefficient (Wildman–Crippen LogP) is 3.77. The predicted molar refractivity (Wildman–Crippen MR) is 136 cm³/mol. The van der Waals surface area contributed by atoms with E-state index in [1.165, 1.54) is 7.11 Å². The van der Waals surface area contributed by atoms with Gasteiger partial charge in [0.1, 0.15) is 18.4 Å². The van der Waals surface area contributed by atoms with E-state index in [-0.39, 0.29) is 18.6 Å². The lowest BCUT2D eigenvalue weighted by Crippen LogP contribution is -2.49. The van der Waals surface area contributed by atoms with Crippen LogP contribution < -0.4 is 5.32 Å². The number of aromatic nitrogens is 2. The summed E-state index contributed by atoms with van der Waals surface area (Å²) in [5.41, 5.74) is 0.982. The van der Waals surface area contributed by atoms with E-state index < -0.39 is 17.9 Å². The fraction of sp³-hybridized carbons (Fsp3) is 0.593. The van der Waals surface area contributed by atoms with Crippen molar-refractivity contribution >= 4 is 12.1 Å². The van der Waals surface area contributed by atoms with Crippen LogP contribution >= 0.6 is 0 Å². The SMILES string of the molecule is COC(=O)[C@H](Cc1cn(CCC(C)C)cn1)NCC[C@H]1COC(C)(C)N1C(=O)OCc1ccccc1. The third-order valence-electron chi connectivity index (χ3n) is 6.39. The van der Waals surface area contributed by atoms with Gasteiger partial charge in [0, 0.05) is 19.2 Å². The monoisotopic (exact) mass is 500 g/mol. The normalized spacial score (nSPS) is 17.8. The summed E-state index contributed by atoms with van der Waals surface area (Å²) in [5.74, 6) is 0.272. The van der Waals surface area contributed by atoms with Crippen LogP contribution in [0.3, 0.4) is 0 Å². The minimum Gasteiger partial charge on any atom is -0.468 e. The third-order valence-corrected chi connectivity index (χ3v) is 6.39. The van der Waals surface area contributed by atoms with E-state index >= 15 is 0 Å². The van der Waals surface area contributed by atoms with Gasteiger partial charge in [-0.2, -0.15) is 0 Å².